The van der Waals surface area contributed by atoms with Gasteiger partial charge in [-0.05, 0) is 43.5 Å². The molecule has 0 aromatic heterocycles. The van der Waals surface area contributed by atoms with Gasteiger partial charge in [-0.3, -0.25) is 4.79 Å². The first-order valence-corrected chi connectivity index (χ1v) is 9.36. The zero-order valence-electron chi connectivity index (χ0n) is 11.7. The average Bonchev–Trinajstić information content (AvgIpc) is 2.70. The van der Waals surface area contributed by atoms with Crippen LogP contribution in [0.1, 0.15) is 17.5 Å². The van der Waals surface area contributed by atoms with Crippen molar-refractivity contribution in [2.24, 2.45) is 0 Å². The molecule has 0 bridgehead atoms. The SMILES string of the molecule is Cc1ccc(SCC(=O)N[C@H]2CCS(=O)(=O)C2)cc1C. The van der Waals surface area contributed by atoms with Crippen molar-refractivity contribution in [3.8, 4) is 0 Å². The summed E-state index contributed by atoms with van der Waals surface area (Å²) in [6.07, 6.45) is 0.530. The lowest BCUT2D eigenvalue weighted by atomic mass is 10.1. The second kappa shape index (κ2) is 6.18. The highest BCUT2D eigenvalue weighted by atomic mass is 32.2. The van der Waals surface area contributed by atoms with Gasteiger partial charge in [0.1, 0.15) is 0 Å². The van der Waals surface area contributed by atoms with E-state index >= 15 is 0 Å². The predicted molar refractivity (Wildman–Crippen MR) is 81.8 cm³/mol. The number of hydrogen-bond acceptors (Lipinski definition) is 4. The Morgan fingerprint density at radius 3 is 2.70 bits per heavy atom. The lowest BCUT2D eigenvalue weighted by Gasteiger charge is -2.10. The highest BCUT2D eigenvalue weighted by molar-refractivity contribution is 8.00. The number of benzene rings is 1. The first-order valence-electron chi connectivity index (χ1n) is 6.55. The maximum atomic E-state index is 11.8. The molecule has 110 valence electrons. The van der Waals surface area contributed by atoms with Crippen LogP contribution in [0.5, 0.6) is 0 Å². The quantitative estimate of drug-likeness (QED) is 0.859. The van der Waals surface area contributed by atoms with Gasteiger partial charge in [0.2, 0.25) is 5.91 Å². The zero-order chi connectivity index (χ0) is 14.8. The molecule has 0 spiro atoms. The Kier molecular flexibility index (Phi) is 4.75. The van der Waals surface area contributed by atoms with Gasteiger partial charge in [0, 0.05) is 10.9 Å². The summed E-state index contributed by atoms with van der Waals surface area (Å²) in [6.45, 7) is 4.10. The van der Waals surface area contributed by atoms with Crippen LogP contribution in [0.25, 0.3) is 0 Å². The number of sulfone groups is 1. The number of rotatable bonds is 4. The number of aryl methyl sites for hydroxylation is 2. The number of nitrogens with one attached hydrogen (secondary N) is 1. The van der Waals surface area contributed by atoms with Gasteiger partial charge in [0.15, 0.2) is 9.84 Å². The van der Waals surface area contributed by atoms with E-state index in [4.69, 9.17) is 0 Å². The van der Waals surface area contributed by atoms with Crippen LogP contribution in [0.4, 0.5) is 0 Å². The Hall–Kier alpha value is -1.01. The topological polar surface area (TPSA) is 63.2 Å². The van der Waals surface area contributed by atoms with Gasteiger partial charge in [0.05, 0.1) is 17.3 Å². The van der Waals surface area contributed by atoms with E-state index < -0.39 is 9.84 Å². The predicted octanol–water partition coefficient (Wildman–Crippen LogP) is 1.70. The summed E-state index contributed by atoms with van der Waals surface area (Å²) < 4.78 is 22.6. The van der Waals surface area contributed by atoms with Gasteiger partial charge in [-0.2, -0.15) is 0 Å². The smallest absolute Gasteiger partial charge is 0.230 e. The highest BCUT2D eigenvalue weighted by Crippen LogP contribution is 2.21. The first kappa shape index (κ1) is 15.4. The van der Waals surface area contributed by atoms with Crippen molar-refractivity contribution in [3.63, 3.8) is 0 Å². The Bertz CT molecular complexity index is 611. The third-order valence-electron chi connectivity index (χ3n) is 3.45. The molecule has 0 radical (unpaired) electrons. The van der Waals surface area contributed by atoms with E-state index in [1.807, 2.05) is 19.1 Å². The van der Waals surface area contributed by atoms with E-state index in [0.29, 0.717) is 12.2 Å². The van der Waals surface area contributed by atoms with Crippen LogP contribution in [0.15, 0.2) is 23.1 Å². The van der Waals surface area contributed by atoms with E-state index in [2.05, 4.69) is 18.3 Å². The molecular weight excluding hydrogens is 294 g/mol. The second-order valence-electron chi connectivity index (χ2n) is 5.20. The van der Waals surface area contributed by atoms with E-state index in [1.165, 1.54) is 22.9 Å². The third kappa shape index (κ3) is 4.24. The van der Waals surface area contributed by atoms with Crippen LogP contribution in [0, 0.1) is 13.8 Å². The summed E-state index contributed by atoms with van der Waals surface area (Å²) in [5.74, 6) is 0.476. The Morgan fingerprint density at radius 1 is 1.35 bits per heavy atom. The molecule has 1 heterocycles. The number of thioether (sulfide) groups is 1. The Balaban J connectivity index is 1.82. The molecule has 1 aliphatic heterocycles. The van der Waals surface area contributed by atoms with Crippen LogP contribution in [0.2, 0.25) is 0 Å². The standard InChI is InChI=1S/C14H19NO3S2/c1-10-3-4-13(7-11(10)2)19-8-14(16)15-12-5-6-20(17,18)9-12/h3-4,7,12H,5-6,8-9H2,1-2H3,(H,15,16)/t12-/m0/s1. The van der Waals surface area contributed by atoms with Gasteiger partial charge in [-0.25, -0.2) is 8.42 Å². The highest BCUT2D eigenvalue weighted by Gasteiger charge is 2.28. The van der Waals surface area contributed by atoms with Crippen molar-refractivity contribution in [1.82, 2.24) is 5.32 Å². The fraction of sp³-hybridized carbons (Fsp3) is 0.500. The maximum Gasteiger partial charge on any atom is 0.230 e. The molecule has 1 amide bonds. The van der Waals surface area contributed by atoms with E-state index in [-0.39, 0.29) is 23.5 Å². The van der Waals surface area contributed by atoms with E-state index in [1.54, 1.807) is 0 Å². The molecule has 0 aliphatic carbocycles. The van der Waals surface area contributed by atoms with Gasteiger partial charge in [-0.15, -0.1) is 11.8 Å². The summed E-state index contributed by atoms with van der Waals surface area (Å²) >= 11 is 1.47. The minimum Gasteiger partial charge on any atom is -0.352 e. The van der Waals surface area contributed by atoms with Crippen LogP contribution in [0.3, 0.4) is 0 Å². The lowest BCUT2D eigenvalue weighted by Crippen LogP contribution is -2.36. The van der Waals surface area contributed by atoms with Gasteiger partial charge >= 0.3 is 0 Å². The number of carbonyl (C=O) groups excluding carboxylic acids is 1. The summed E-state index contributed by atoms with van der Waals surface area (Å²) in [6, 6.07) is 5.89. The number of hydrogen-bond donors (Lipinski definition) is 1. The largest absolute Gasteiger partial charge is 0.352 e. The molecule has 0 saturated carbocycles. The van der Waals surface area contributed by atoms with Gasteiger partial charge in [-0.1, -0.05) is 6.07 Å². The summed E-state index contributed by atoms with van der Waals surface area (Å²) in [5, 5.41) is 2.79. The molecule has 2 rings (SSSR count). The van der Waals surface area contributed by atoms with Crippen molar-refractivity contribution in [3.05, 3.63) is 29.3 Å². The fourth-order valence-electron chi connectivity index (χ4n) is 2.13. The molecule has 4 nitrogen and oxygen atoms in total. The summed E-state index contributed by atoms with van der Waals surface area (Å²) in [7, 11) is -2.94. The lowest BCUT2D eigenvalue weighted by molar-refractivity contribution is -0.119. The average molecular weight is 313 g/mol. The minimum atomic E-state index is -2.94. The van der Waals surface area contributed by atoms with Crippen molar-refractivity contribution < 1.29 is 13.2 Å². The molecule has 6 heteroatoms. The Labute approximate surface area is 124 Å². The fourth-order valence-corrected chi connectivity index (χ4v) is 4.61. The third-order valence-corrected chi connectivity index (χ3v) is 6.21. The monoisotopic (exact) mass is 313 g/mol. The van der Waals surface area contributed by atoms with E-state index in [9.17, 15) is 13.2 Å². The zero-order valence-corrected chi connectivity index (χ0v) is 13.3. The first-order chi connectivity index (χ1) is 9.35. The van der Waals surface area contributed by atoms with Crippen molar-refractivity contribution in [2.75, 3.05) is 17.3 Å². The molecule has 1 N–H and O–H groups in total. The van der Waals surface area contributed by atoms with E-state index in [0.717, 1.165) is 4.90 Å². The Morgan fingerprint density at radius 2 is 2.10 bits per heavy atom. The molecule has 20 heavy (non-hydrogen) atoms. The van der Waals surface area contributed by atoms with Gasteiger partial charge < -0.3 is 5.32 Å². The molecule has 1 aromatic carbocycles. The van der Waals surface area contributed by atoms with Crippen LogP contribution in [-0.4, -0.2) is 37.6 Å². The number of carbonyl (C=O) groups is 1. The van der Waals surface area contributed by atoms with Crippen molar-refractivity contribution >= 4 is 27.5 Å². The second-order valence-corrected chi connectivity index (χ2v) is 8.48. The summed E-state index contributed by atoms with van der Waals surface area (Å²) in [4.78, 5) is 12.9. The molecule has 1 fully saturated rings. The minimum absolute atomic E-state index is 0.0764. The molecule has 1 aliphatic rings. The number of amides is 1. The molecule has 1 aromatic rings. The van der Waals surface area contributed by atoms with Crippen LogP contribution >= 0.6 is 11.8 Å². The molecule has 1 atom stereocenters. The molecule has 0 unspecified atom stereocenters. The van der Waals surface area contributed by atoms with Gasteiger partial charge in [0.25, 0.3) is 0 Å². The van der Waals surface area contributed by atoms with Crippen molar-refractivity contribution in [1.29, 1.82) is 0 Å². The molecular formula is C14H19NO3S2. The summed E-state index contributed by atoms with van der Waals surface area (Å²) in [5.41, 5.74) is 2.44. The van der Waals surface area contributed by atoms with Crippen molar-refractivity contribution in [2.45, 2.75) is 31.2 Å². The van der Waals surface area contributed by atoms with Crippen LogP contribution in [-0.2, 0) is 14.6 Å². The van der Waals surface area contributed by atoms with Crippen LogP contribution < -0.4 is 5.32 Å². The maximum absolute atomic E-state index is 11.8. The normalized spacial score (nSPS) is 20.8. The molecule has 1 saturated heterocycles.